The molecule has 0 aliphatic carbocycles. The number of methoxy groups -OCH3 is 1. The van der Waals surface area contributed by atoms with Crippen molar-refractivity contribution in [2.75, 3.05) is 20.1 Å². The molecular weight excluding hydrogens is 534 g/mol. The van der Waals surface area contributed by atoms with Gasteiger partial charge in [0.25, 0.3) is 0 Å². The fourth-order valence-electron chi connectivity index (χ4n) is 3.11. The number of sulfonamides is 1. The van der Waals surface area contributed by atoms with E-state index in [1.54, 1.807) is 0 Å². The van der Waals surface area contributed by atoms with Gasteiger partial charge in [0, 0.05) is 24.1 Å². The summed E-state index contributed by atoms with van der Waals surface area (Å²) in [5.41, 5.74) is -3.55. The van der Waals surface area contributed by atoms with Crippen molar-refractivity contribution in [1.29, 1.82) is 0 Å². The third-order valence-corrected chi connectivity index (χ3v) is 6.36. The molecule has 0 aliphatic heterocycles. The lowest BCUT2D eigenvalue weighted by Gasteiger charge is -2.42. The maximum Gasteiger partial charge on any atom is 0.408 e. The van der Waals surface area contributed by atoms with Crippen LogP contribution in [0.2, 0.25) is 0 Å². The van der Waals surface area contributed by atoms with E-state index in [-0.39, 0.29) is 9.21 Å². The van der Waals surface area contributed by atoms with Crippen LogP contribution in [0.3, 0.4) is 0 Å². The van der Waals surface area contributed by atoms with Gasteiger partial charge in [0.1, 0.15) is 11.5 Å². The molecule has 2 N–H and O–H groups in total. The van der Waals surface area contributed by atoms with Crippen molar-refractivity contribution in [3.63, 3.8) is 0 Å². The Balaban J connectivity index is 3.14. The minimum atomic E-state index is -5.30. The molecule has 0 spiro atoms. The SMILES string of the molecule is [2H]c1c([2H])c(C([2H])([2H])[C@]([2H])(N(C(=O)O)C(C)(C)C)[C@]([2H])(O)C([2H])([2H])N(CC(C)C)S(=O)(=O)c2ccc(OC(F)F)cc2)c([2H])c([2H])c1OC([2H])[2H]. The van der Waals surface area contributed by atoms with Crippen LogP contribution in [0.4, 0.5) is 13.6 Å². The van der Waals surface area contributed by atoms with Crippen LogP contribution in [0.5, 0.6) is 11.5 Å². The van der Waals surface area contributed by atoms with E-state index < -0.39 is 119 Å². The van der Waals surface area contributed by atoms with Gasteiger partial charge in [-0.3, -0.25) is 4.90 Å². The molecule has 218 valence electrons. The Morgan fingerprint density at radius 1 is 1.15 bits per heavy atom. The summed E-state index contributed by atoms with van der Waals surface area (Å²) in [6.07, 6.45) is -11.0. The van der Waals surface area contributed by atoms with Crippen molar-refractivity contribution in [1.82, 2.24) is 9.21 Å². The Kier molecular flexibility index (Phi) is 6.32. The van der Waals surface area contributed by atoms with Crippen LogP contribution >= 0.6 is 0 Å². The number of amides is 1. The Bertz CT molecular complexity index is 1680. The van der Waals surface area contributed by atoms with E-state index in [9.17, 15) is 33.6 Å². The highest BCUT2D eigenvalue weighted by Crippen LogP contribution is 2.27. The number of benzene rings is 2. The molecule has 0 aliphatic rings. The summed E-state index contributed by atoms with van der Waals surface area (Å²) in [6, 6.07) is -6.55. The average Bonchev–Trinajstić information content (AvgIpc) is 2.95. The van der Waals surface area contributed by atoms with Crippen LogP contribution in [0, 0.1) is 5.92 Å². The molecular formula is C27H38F2N2O7S. The molecule has 39 heavy (non-hydrogen) atoms. The summed E-state index contributed by atoms with van der Waals surface area (Å²) in [6.45, 7) is -2.53. The first-order chi connectivity index (χ1) is 22.8. The number of hydrogen-bond acceptors (Lipinski definition) is 6. The van der Waals surface area contributed by atoms with E-state index in [0.717, 1.165) is 45.0 Å². The third-order valence-electron chi connectivity index (χ3n) is 4.67. The number of ether oxygens (including phenoxy) is 2. The van der Waals surface area contributed by atoms with Crippen LogP contribution in [-0.4, -0.2) is 78.3 Å². The number of carbonyl (C=O) groups is 1. The van der Waals surface area contributed by atoms with Crippen molar-refractivity contribution in [2.45, 2.75) is 70.1 Å². The minimum Gasteiger partial charge on any atom is -0.497 e. The number of aliphatic hydroxyl groups is 1. The molecule has 0 radical (unpaired) electrons. The van der Waals surface area contributed by atoms with Gasteiger partial charge in [0.15, 0.2) is 0 Å². The molecule has 0 unspecified atom stereocenters. The first-order valence-electron chi connectivity index (χ1n) is 17.4. The summed E-state index contributed by atoms with van der Waals surface area (Å²) < 4.78 is 165. The van der Waals surface area contributed by atoms with Crippen LogP contribution in [0.25, 0.3) is 0 Å². The minimum absolute atomic E-state index is 0.142. The lowest BCUT2D eigenvalue weighted by molar-refractivity contribution is -0.0498. The summed E-state index contributed by atoms with van der Waals surface area (Å²) in [5, 5.41) is 22.4. The largest absolute Gasteiger partial charge is 0.497 e. The standard InChI is InChI=1S/C27H38F2N2O7S/c1-18(2)16-30(39(35,36)22-13-11-21(12-14-22)38-25(28)29)17-24(32)23(31(26(33)34)27(3,4)5)15-19-7-9-20(37-6)10-8-19/h7-14,18,23-25,32H,15-17H2,1-6H3,(H,33,34)/t23-,24+/m0/s1/i6D2,7D,8D,9D,10D,15D2,17D2,23D,24D. The predicted octanol–water partition coefficient (Wildman–Crippen LogP) is 4.69. The highest BCUT2D eigenvalue weighted by atomic mass is 32.2. The molecule has 9 nitrogen and oxygen atoms in total. The molecule has 2 rings (SSSR count). The molecule has 12 heteroatoms. The summed E-state index contributed by atoms with van der Waals surface area (Å²) in [4.78, 5) is 11.9. The molecule has 0 fully saturated rings. The number of nitrogens with zero attached hydrogens (tertiary/aromatic N) is 2. The lowest BCUT2D eigenvalue weighted by Crippen LogP contribution is -2.58. The first kappa shape index (κ1) is 18.4. The van der Waals surface area contributed by atoms with Gasteiger partial charge < -0.3 is 19.7 Å². The van der Waals surface area contributed by atoms with Gasteiger partial charge in [-0.15, -0.1) is 0 Å². The third kappa shape index (κ3) is 9.04. The summed E-state index contributed by atoms with van der Waals surface area (Å²) >= 11 is 0. The number of alkyl halides is 2. The fourth-order valence-corrected chi connectivity index (χ4v) is 4.54. The average molecular weight is 585 g/mol. The van der Waals surface area contributed by atoms with E-state index in [2.05, 4.69) is 4.74 Å². The van der Waals surface area contributed by atoms with Gasteiger partial charge in [-0.2, -0.15) is 13.1 Å². The second kappa shape index (κ2) is 13.4. The van der Waals surface area contributed by atoms with Crippen molar-refractivity contribution < 1.29 is 58.1 Å². The molecule has 0 saturated carbocycles. The van der Waals surface area contributed by atoms with Crippen molar-refractivity contribution in [2.24, 2.45) is 5.92 Å². The Hall–Kier alpha value is -2.96. The normalized spacial score (nSPS) is 20.8. The van der Waals surface area contributed by atoms with Crippen molar-refractivity contribution in [3.8, 4) is 11.5 Å². The number of carboxylic acid groups (broad SMARTS) is 1. The summed E-state index contributed by atoms with van der Waals surface area (Å²) in [5.74, 6) is -2.36. The van der Waals surface area contributed by atoms with Gasteiger partial charge >= 0.3 is 12.7 Å². The van der Waals surface area contributed by atoms with E-state index in [4.69, 9.17) is 19.8 Å². The fraction of sp³-hybridized carbons (Fsp3) is 0.519. The van der Waals surface area contributed by atoms with Crippen LogP contribution in [0.1, 0.15) is 56.6 Å². The Morgan fingerprint density at radius 3 is 2.21 bits per heavy atom. The van der Waals surface area contributed by atoms with E-state index in [0.29, 0.717) is 0 Å². The van der Waals surface area contributed by atoms with Gasteiger partial charge in [-0.05, 0) is 75.0 Å². The topological polar surface area (TPSA) is 117 Å². The molecule has 0 aromatic heterocycles. The molecule has 1 amide bonds. The second-order valence-corrected chi connectivity index (χ2v) is 11.2. The van der Waals surface area contributed by atoms with Crippen LogP contribution in [-0.2, 0) is 16.4 Å². The number of hydrogen-bond donors (Lipinski definition) is 2. The molecule has 0 saturated heterocycles. The number of rotatable bonds is 13. The van der Waals surface area contributed by atoms with Crippen LogP contribution < -0.4 is 9.47 Å². The first-order valence-corrected chi connectivity index (χ1v) is 12.7. The monoisotopic (exact) mass is 584 g/mol. The number of halogens is 2. The zero-order valence-electron chi connectivity index (χ0n) is 33.7. The van der Waals surface area contributed by atoms with Crippen molar-refractivity contribution in [3.05, 3.63) is 54.0 Å². The van der Waals surface area contributed by atoms with E-state index >= 15 is 0 Å². The van der Waals surface area contributed by atoms with Crippen molar-refractivity contribution >= 4 is 16.1 Å². The summed E-state index contributed by atoms with van der Waals surface area (Å²) in [7, 11) is -7.51. The molecule has 2 aromatic rings. The van der Waals surface area contributed by atoms with Gasteiger partial charge in [-0.25, -0.2) is 13.2 Å². The maximum absolute atomic E-state index is 14.0. The molecule has 0 bridgehead atoms. The smallest absolute Gasteiger partial charge is 0.408 e. The lowest BCUT2D eigenvalue weighted by atomic mass is 9.94. The zero-order chi connectivity index (χ0) is 40.0. The molecule has 2 aromatic carbocycles. The van der Waals surface area contributed by atoms with Gasteiger partial charge in [0.2, 0.25) is 10.0 Å². The molecule has 2 atom stereocenters. The van der Waals surface area contributed by atoms with E-state index in [1.165, 1.54) is 13.8 Å². The van der Waals surface area contributed by atoms with Crippen LogP contribution in [0.15, 0.2) is 53.3 Å². The maximum atomic E-state index is 14.0. The second-order valence-electron chi connectivity index (χ2n) is 9.32. The quantitative estimate of drug-likeness (QED) is 0.351. The highest BCUT2D eigenvalue weighted by molar-refractivity contribution is 7.89. The molecule has 0 heterocycles. The Morgan fingerprint density at radius 2 is 1.74 bits per heavy atom. The highest BCUT2D eigenvalue weighted by Gasteiger charge is 2.39. The van der Waals surface area contributed by atoms with Gasteiger partial charge in [0.05, 0.1) is 35.0 Å². The Labute approximate surface area is 245 Å². The zero-order valence-corrected chi connectivity index (χ0v) is 22.6. The van der Waals surface area contributed by atoms with E-state index in [1.807, 2.05) is 0 Å². The van der Waals surface area contributed by atoms with Gasteiger partial charge in [-0.1, -0.05) is 25.9 Å². The predicted molar refractivity (Wildman–Crippen MR) is 143 cm³/mol.